The minimum absolute atomic E-state index is 0.201. The van der Waals surface area contributed by atoms with Crippen LogP contribution >= 0.6 is 11.6 Å². The largest absolute Gasteiger partial charge is 0.310 e. The fraction of sp³-hybridized carbons (Fsp3) is 0.455. The number of hydrogen-bond donors (Lipinski definition) is 0. The third-order valence-electron chi connectivity index (χ3n) is 2.87. The molecule has 0 bridgehead atoms. The van der Waals surface area contributed by atoms with Crippen LogP contribution in [0, 0.1) is 10.1 Å². The van der Waals surface area contributed by atoms with E-state index in [0.29, 0.717) is 11.4 Å². The number of benzene rings is 1. The van der Waals surface area contributed by atoms with Crippen LogP contribution in [0.5, 0.6) is 0 Å². The maximum Gasteiger partial charge on any atom is 0.287 e. The van der Waals surface area contributed by atoms with Gasteiger partial charge < -0.3 is 4.90 Å². The summed E-state index contributed by atoms with van der Waals surface area (Å²) in [7, 11) is 0. The fourth-order valence-electron chi connectivity index (χ4n) is 2.07. The van der Waals surface area contributed by atoms with E-state index in [1.165, 1.54) is 0 Å². The minimum atomic E-state index is -0.588. The molecule has 4 nitrogen and oxygen atoms in total. The summed E-state index contributed by atoms with van der Waals surface area (Å²) < 4.78 is 0. The van der Waals surface area contributed by atoms with E-state index in [9.17, 15) is 10.1 Å². The summed E-state index contributed by atoms with van der Waals surface area (Å²) in [5, 5.41) is 11.6. The second kappa shape index (κ2) is 4.70. The van der Waals surface area contributed by atoms with Crippen molar-refractivity contribution in [3.63, 3.8) is 0 Å². The van der Waals surface area contributed by atoms with Gasteiger partial charge in [-0.1, -0.05) is 11.6 Å². The Hall–Kier alpha value is -1.29. The number of nitrogens with zero attached hydrogens (tertiary/aromatic N) is 2. The molecule has 0 N–H and O–H groups in total. The summed E-state index contributed by atoms with van der Waals surface area (Å²) in [6, 6.07) is 7.21. The van der Waals surface area contributed by atoms with Crippen molar-refractivity contribution in [2.24, 2.45) is 0 Å². The van der Waals surface area contributed by atoms with E-state index in [-0.39, 0.29) is 4.92 Å². The highest BCUT2D eigenvalue weighted by Gasteiger charge is 2.31. The van der Waals surface area contributed by atoms with Crippen molar-refractivity contribution in [2.45, 2.75) is 25.4 Å². The van der Waals surface area contributed by atoms with Gasteiger partial charge in [0.15, 0.2) is 0 Å². The second-order valence-corrected chi connectivity index (χ2v) is 4.37. The Morgan fingerprint density at radius 1 is 1.31 bits per heavy atom. The van der Waals surface area contributed by atoms with Crippen LogP contribution in [0.25, 0.3) is 0 Å². The molecule has 1 aliphatic rings. The second-order valence-electron chi connectivity index (χ2n) is 3.93. The third kappa shape index (κ3) is 2.27. The molecule has 1 aliphatic heterocycles. The lowest BCUT2D eigenvalue weighted by atomic mass is 10.1. The number of nitro groups is 1. The van der Waals surface area contributed by atoms with Gasteiger partial charge in [0.1, 0.15) is 0 Å². The summed E-state index contributed by atoms with van der Waals surface area (Å²) in [5.74, 6) is 0. The standard InChI is InChI=1S/C11H13ClN2O2/c12-9-4-6-10(7-5-9)13-8-2-1-3-11(13)14(15)16/h4-7,11H,1-3,8H2. The molecule has 0 radical (unpaired) electrons. The van der Waals surface area contributed by atoms with Crippen LogP contribution in [0.3, 0.4) is 0 Å². The van der Waals surface area contributed by atoms with Gasteiger partial charge in [0.05, 0.1) is 0 Å². The van der Waals surface area contributed by atoms with E-state index in [1.54, 1.807) is 12.1 Å². The SMILES string of the molecule is O=[N+]([O-])C1CCCCN1c1ccc(Cl)cc1. The van der Waals surface area contributed by atoms with Gasteiger partial charge in [0, 0.05) is 28.6 Å². The Morgan fingerprint density at radius 3 is 2.62 bits per heavy atom. The normalized spacial score (nSPS) is 20.8. The summed E-state index contributed by atoms with van der Waals surface area (Å²) in [5.41, 5.74) is 0.880. The molecule has 5 heteroatoms. The molecule has 0 amide bonds. The lowest BCUT2D eigenvalue weighted by molar-refractivity contribution is -0.524. The van der Waals surface area contributed by atoms with Crippen LogP contribution in [0.15, 0.2) is 24.3 Å². The number of anilines is 1. The van der Waals surface area contributed by atoms with Crippen LogP contribution < -0.4 is 4.90 Å². The highest BCUT2D eigenvalue weighted by atomic mass is 35.5. The Morgan fingerprint density at radius 2 is 2.00 bits per heavy atom. The molecule has 1 fully saturated rings. The molecular formula is C11H13ClN2O2. The first-order chi connectivity index (χ1) is 7.68. The number of rotatable bonds is 2. The molecule has 2 rings (SSSR count). The Labute approximate surface area is 99.0 Å². The quantitative estimate of drug-likeness (QED) is 0.590. The first-order valence-corrected chi connectivity index (χ1v) is 5.72. The van der Waals surface area contributed by atoms with E-state index in [2.05, 4.69) is 0 Å². The van der Waals surface area contributed by atoms with Gasteiger partial charge in [0.25, 0.3) is 6.17 Å². The van der Waals surface area contributed by atoms with Gasteiger partial charge in [-0.3, -0.25) is 10.1 Å². The molecule has 16 heavy (non-hydrogen) atoms. The summed E-state index contributed by atoms with van der Waals surface area (Å²) in [6.45, 7) is 0.743. The number of piperidine rings is 1. The minimum Gasteiger partial charge on any atom is -0.310 e. The average molecular weight is 241 g/mol. The van der Waals surface area contributed by atoms with Gasteiger partial charge in [-0.15, -0.1) is 0 Å². The summed E-state index contributed by atoms with van der Waals surface area (Å²) >= 11 is 5.80. The van der Waals surface area contributed by atoms with Crippen LogP contribution in [-0.2, 0) is 0 Å². The Kier molecular flexibility index (Phi) is 3.29. The van der Waals surface area contributed by atoms with Gasteiger partial charge in [-0.05, 0) is 37.1 Å². The molecule has 1 aromatic carbocycles. The monoisotopic (exact) mass is 240 g/mol. The predicted octanol–water partition coefficient (Wildman–Crippen LogP) is 2.93. The van der Waals surface area contributed by atoms with E-state index in [0.717, 1.165) is 25.1 Å². The molecule has 0 aliphatic carbocycles. The lowest BCUT2D eigenvalue weighted by Gasteiger charge is -2.31. The molecule has 1 atom stereocenters. The summed E-state index contributed by atoms with van der Waals surface area (Å²) in [4.78, 5) is 12.6. The molecule has 1 heterocycles. The molecular weight excluding hydrogens is 228 g/mol. The summed E-state index contributed by atoms with van der Waals surface area (Å²) in [6.07, 6.45) is 1.97. The van der Waals surface area contributed by atoms with Gasteiger partial charge in [-0.25, -0.2) is 0 Å². The van der Waals surface area contributed by atoms with Crippen LogP contribution in [-0.4, -0.2) is 17.6 Å². The van der Waals surface area contributed by atoms with E-state index in [4.69, 9.17) is 11.6 Å². The van der Waals surface area contributed by atoms with Crippen molar-refractivity contribution in [3.05, 3.63) is 39.4 Å². The highest BCUT2D eigenvalue weighted by Crippen LogP contribution is 2.26. The molecule has 0 saturated carbocycles. The fourth-order valence-corrected chi connectivity index (χ4v) is 2.19. The molecule has 0 aromatic heterocycles. The lowest BCUT2D eigenvalue weighted by Crippen LogP contribution is -2.44. The van der Waals surface area contributed by atoms with Crippen molar-refractivity contribution in [2.75, 3.05) is 11.4 Å². The van der Waals surface area contributed by atoms with E-state index < -0.39 is 6.17 Å². The maximum atomic E-state index is 10.9. The van der Waals surface area contributed by atoms with Crippen molar-refractivity contribution >= 4 is 17.3 Å². The maximum absolute atomic E-state index is 10.9. The highest BCUT2D eigenvalue weighted by molar-refractivity contribution is 6.30. The van der Waals surface area contributed by atoms with Crippen molar-refractivity contribution in [1.29, 1.82) is 0 Å². The van der Waals surface area contributed by atoms with E-state index >= 15 is 0 Å². The first-order valence-electron chi connectivity index (χ1n) is 5.34. The van der Waals surface area contributed by atoms with Crippen molar-refractivity contribution < 1.29 is 4.92 Å². The number of halogens is 1. The molecule has 86 valence electrons. The van der Waals surface area contributed by atoms with Crippen LogP contribution in [0.1, 0.15) is 19.3 Å². The Balaban J connectivity index is 2.23. The van der Waals surface area contributed by atoms with Crippen LogP contribution in [0.2, 0.25) is 5.02 Å². The zero-order chi connectivity index (χ0) is 11.5. The topological polar surface area (TPSA) is 46.4 Å². The predicted molar refractivity (Wildman–Crippen MR) is 63.4 cm³/mol. The van der Waals surface area contributed by atoms with Crippen molar-refractivity contribution in [3.8, 4) is 0 Å². The molecule has 0 spiro atoms. The number of hydrogen-bond acceptors (Lipinski definition) is 3. The van der Waals surface area contributed by atoms with Gasteiger partial charge in [-0.2, -0.15) is 0 Å². The average Bonchev–Trinajstić information content (AvgIpc) is 2.30. The Bertz CT molecular complexity index is 380. The van der Waals surface area contributed by atoms with E-state index in [1.807, 2.05) is 17.0 Å². The van der Waals surface area contributed by atoms with Gasteiger partial charge >= 0.3 is 0 Å². The molecule has 1 unspecified atom stereocenters. The smallest absolute Gasteiger partial charge is 0.287 e. The molecule has 1 aromatic rings. The van der Waals surface area contributed by atoms with Crippen molar-refractivity contribution in [1.82, 2.24) is 0 Å². The zero-order valence-corrected chi connectivity index (χ0v) is 9.56. The van der Waals surface area contributed by atoms with Gasteiger partial charge in [0.2, 0.25) is 0 Å². The molecule has 1 saturated heterocycles. The first kappa shape index (κ1) is 11.2. The third-order valence-corrected chi connectivity index (χ3v) is 3.12. The van der Waals surface area contributed by atoms with Crippen LogP contribution in [0.4, 0.5) is 5.69 Å². The zero-order valence-electron chi connectivity index (χ0n) is 8.80.